The molecule has 7 heteroatoms. The molecule has 128 valence electrons. The molecule has 1 fully saturated rings. The number of carbonyl (C=O) groups excluding carboxylic acids is 3. The molecule has 3 rings (SSSR count). The highest BCUT2D eigenvalue weighted by atomic mass is 16.2. The van der Waals surface area contributed by atoms with E-state index in [1.54, 1.807) is 0 Å². The van der Waals surface area contributed by atoms with E-state index in [0.717, 1.165) is 22.4 Å². The number of nitrogens with two attached hydrogens (primary N) is 1. The van der Waals surface area contributed by atoms with Crippen LogP contribution in [0.25, 0.3) is 0 Å². The second kappa shape index (κ2) is 6.24. The fraction of sp³-hybridized carbons (Fsp3) is 0.471. The lowest BCUT2D eigenvalue weighted by atomic mass is 9.92. The van der Waals surface area contributed by atoms with E-state index in [0.29, 0.717) is 19.5 Å². The summed E-state index contributed by atoms with van der Waals surface area (Å²) in [5, 5.41) is 5.51. The number of hydrogen-bond acceptors (Lipinski definition) is 4. The molecule has 24 heavy (non-hydrogen) atoms. The van der Waals surface area contributed by atoms with E-state index in [-0.39, 0.29) is 24.3 Å². The van der Waals surface area contributed by atoms with Gasteiger partial charge in [0.2, 0.25) is 5.91 Å². The van der Waals surface area contributed by atoms with Crippen LogP contribution in [0.5, 0.6) is 0 Å². The molecule has 2 unspecified atom stereocenters. The summed E-state index contributed by atoms with van der Waals surface area (Å²) in [7, 11) is 0. The fourth-order valence-electron chi connectivity index (χ4n) is 3.30. The number of aryl methyl sites for hydroxylation is 1. The van der Waals surface area contributed by atoms with Gasteiger partial charge in [0.25, 0.3) is 5.91 Å². The van der Waals surface area contributed by atoms with Crippen molar-refractivity contribution in [2.24, 2.45) is 11.7 Å². The van der Waals surface area contributed by atoms with Gasteiger partial charge in [-0.05, 0) is 36.4 Å². The zero-order valence-corrected chi connectivity index (χ0v) is 13.7. The predicted octanol–water partition coefficient (Wildman–Crippen LogP) is 0.0909. The van der Waals surface area contributed by atoms with Gasteiger partial charge in [-0.25, -0.2) is 4.79 Å². The zero-order valence-electron chi connectivity index (χ0n) is 13.7. The van der Waals surface area contributed by atoms with Crippen LogP contribution in [-0.4, -0.2) is 42.4 Å². The van der Waals surface area contributed by atoms with Crippen molar-refractivity contribution in [1.82, 2.24) is 15.5 Å². The first-order valence-electron chi connectivity index (χ1n) is 8.17. The Labute approximate surface area is 140 Å². The molecule has 0 aromatic heterocycles. The summed E-state index contributed by atoms with van der Waals surface area (Å²) in [6, 6.07) is 7.09. The van der Waals surface area contributed by atoms with Gasteiger partial charge in [0.15, 0.2) is 0 Å². The van der Waals surface area contributed by atoms with Crippen molar-refractivity contribution in [3.8, 4) is 0 Å². The Morgan fingerprint density at radius 1 is 1.42 bits per heavy atom. The average Bonchev–Trinajstić information content (AvgIpc) is 3.07. The normalized spacial score (nSPS) is 23.3. The smallest absolute Gasteiger partial charge is 0.325 e. The first kappa shape index (κ1) is 16.4. The second-order valence-corrected chi connectivity index (χ2v) is 6.53. The molecule has 1 aliphatic carbocycles. The van der Waals surface area contributed by atoms with E-state index in [1.165, 1.54) is 0 Å². The van der Waals surface area contributed by atoms with E-state index in [2.05, 4.69) is 10.6 Å². The van der Waals surface area contributed by atoms with Gasteiger partial charge in [0.05, 0.1) is 0 Å². The lowest BCUT2D eigenvalue weighted by Crippen LogP contribution is -2.44. The van der Waals surface area contributed by atoms with Crippen LogP contribution in [0.4, 0.5) is 4.79 Å². The molecule has 1 aromatic rings. The highest BCUT2D eigenvalue weighted by molar-refractivity contribution is 6.09. The third-order valence-electron chi connectivity index (χ3n) is 4.77. The van der Waals surface area contributed by atoms with E-state index >= 15 is 0 Å². The van der Waals surface area contributed by atoms with E-state index in [1.807, 2.05) is 31.2 Å². The van der Waals surface area contributed by atoms with Crippen molar-refractivity contribution in [2.75, 3.05) is 19.6 Å². The molecular weight excluding hydrogens is 308 g/mol. The summed E-state index contributed by atoms with van der Waals surface area (Å²) >= 11 is 0. The number of benzene rings is 1. The number of imide groups is 1. The standard InChI is InChI=1S/C17H22N4O3/c1-11(8-18)9-19-14(22)10-21-15(23)17(20-16(21)24)7-6-12-4-2-3-5-13(12)17/h2-5,11H,6-10,18H2,1H3,(H,19,22)(H,20,24). The van der Waals surface area contributed by atoms with E-state index in [4.69, 9.17) is 5.73 Å². The van der Waals surface area contributed by atoms with Gasteiger partial charge in [0, 0.05) is 6.54 Å². The number of fused-ring (bicyclic) bond motifs is 2. The lowest BCUT2D eigenvalue weighted by molar-refractivity contribution is -0.135. The third kappa shape index (κ3) is 2.65. The number of nitrogens with zero attached hydrogens (tertiary/aromatic N) is 1. The minimum atomic E-state index is -1.02. The Morgan fingerprint density at radius 2 is 2.17 bits per heavy atom. The van der Waals surface area contributed by atoms with Gasteiger partial charge in [-0.3, -0.25) is 14.5 Å². The van der Waals surface area contributed by atoms with Gasteiger partial charge < -0.3 is 16.4 Å². The summed E-state index contributed by atoms with van der Waals surface area (Å²) in [5.74, 6) is -0.563. The van der Waals surface area contributed by atoms with E-state index < -0.39 is 11.6 Å². The molecule has 2 atom stereocenters. The van der Waals surface area contributed by atoms with Crippen LogP contribution in [0, 0.1) is 5.92 Å². The zero-order chi connectivity index (χ0) is 17.3. The van der Waals surface area contributed by atoms with Crippen LogP contribution < -0.4 is 16.4 Å². The van der Waals surface area contributed by atoms with Gasteiger partial charge in [-0.1, -0.05) is 31.2 Å². The highest BCUT2D eigenvalue weighted by Crippen LogP contribution is 2.41. The summed E-state index contributed by atoms with van der Waals surface area (Å²) in [5.41, 5.74) is 6.39. The second-order valence-electron chi connectivity index (χ2n) is 6.53. The minimum Gasteiger partial charge on any atom is -0.354 e. The van der Waals surface area contributed by atoms with Gasteiger partial charge in [-0.2, -0.15) is 0 Å². The van der Waals surface area contributed by atoms with Gasteiger partial charge in [-0.15, -0.1) is 0 Å². The lowest BCUT2D eigenvalue weighted by Gasteiger charge is -2.22. The molecule has 4 N–H and O–H groups in total. The molecule has 4 amide bonds. The van der Waals surface area contributed by atoms with Crippen LogP contribution >= 0.6 is 0 Å². The number of nitrogens with one attached hydrogen (secondary N) is 2. The van der Waals surface area contributed by atoms with Crippen LogP contribution in [0.3, 0.4) is 0 Å². The van der Waals surface area contributed by atoms with Crippen molar-refractivity contribution >= 4 is 17.8 Å². The van der Waals surface area contributed by atoms with Crippen molar-refractivity contribution in [2.45, 2.75) is 25.3 Å². The molecule has 1 saturated heterocycles. The Bertz CT molecular complexity index is 690. The summed E-state index contributed by atoms with van der Waals surface area (Å²) < 4.78 is 0. The van der Waals surface area contributed by atoms with Crippen molar-refractivity contribution in [3.63, 3.8) is 0 Å². The van der Waals surface area contributed by atoms with Gasteiger partial charge >= 0.3 is 6.03 Å². The molecule has 1 heterocycles. The molecule has 1 spiro atoms. The summed E-state index contributed by atoms with van der Waals surface area (Å²) in [6.07, 6.45) is 1.26. The van der Waals surface area contributed by atoms with Crippen molar-refractivity contribution in [1.29, 1.82) is 0 Å². The first-order chi connectivity index (χ1) is 11.5. The van der Waals surface area contributed by atoms with Crippen LogP contribution in [-0.2, 0) is 21.5 Å². The average molecular weight is 330 g/mol. The third-order valence-corrected chi connectivity index (χ3v) is 4.77. The molecule has 1 aliphatic heterocycles. The maximum atomic E-state index is 12.9. The Kier molecular flexibility index (Phi) is 4.28. The number of carbonyl (C=O) groups is 3. The number of urea groups is 1. The molecule has 1 aromatic carbocycles. The maximum absolute atomic E-state index is 12.9. The highest BCUT2D eigenvalue weighted by Gasteiger charge is 2.55. The van der Waals surface area contributed by atoms with Crippen LogP contribution in [0.15, 0.2) is 24.3 Å². The van der Waals surface area contributed by atoms with Crippen molar-refractivity contribution in [3.05, 3.63) is 35.4 Å². The molecule has 2 aliphatic rings. The SMILES string of the molecule is CC(CN)CNC(=O)CN1C(=O)NC2(CCc3ccccc32)C1=O. The number of amides is 4. The molecule has 0 radical (unpaired) electrons. The monoisotopic (exact) mass is 330 g/mol. The largest absolute Gasteiger partial charge is 0.354 e. The molecular formula is C17H22N4O3. The summed E-state index contributed by atoms with van der Waals surface area (Å²) in [6.45, 7) is 2.53. The van der Waals surface area contributed by atoms with Crippen LogP contribution in [0.2, 0.25) is 0 Å². The molecule has 0 saturated carbocycles. The topological polar surface area (TPSA) is 105 Å². The number of rotatable bonds is 5. The Morgan fingerprint density at radius 3 is 2.92 bits per heavy atom. The minimum absolute atomic E-state index is 0.144. The van der Waals surface area contributed by atoms with E-state index in [9.17, 15) is 14.4 Å². The van der Waals surface area contributed by atoms with Gasteiger partial charge in [0.1, 0.15) is 12.1 Å². The first-order valence-corrected chi connectivity index (χ1v) is 8.17. The maximum Gasteiger partial charge on any atom is 0.325 e. The number of hydrogen-bond donors (Lipinski definition) is 3. The van der Waals surface area contributed by atoms with Crippen molar-refractivity contribution < 1.29 is 14.4 Å². The fourth-order valence-corrected chi connectivity index (χ4v) is 3.30. The van der Waals surface area contributed by atoms with Crippen LogP contribution in [0.1, 0.15) is 24.5 Å². The molecule has 7 nitrogen and oxygen atoms in total. The summed E-state index contributed by atoms with van der Waals surface area (Å²) in [4.78, 5) is 38.2. The Hall–Kier alpha value is -2.41. The molecule has 0 bridgehead atoms. The predicted molar refractivity (Wildman–Crippen MR) is 87.9 cm³/mol. The quantitative estimate of drug-likeness (QED) is 0.666. The Balaban J connectivity index is 1.73.